The quantitative estimate of drug-likeness (QED) is 0.724. The average molecular weight is 342 g/mol. The number of hydrogen-bond donors (Lipinski definition) is 1. The van der Waals surface area contributed by atoms with Crippen LogP contribution in [0.1, 0.15) is 32.8 Å². The predicted octanol–water partition coefficient (Wildman–Crippen LogP) is 4.08. The minimum absolute atomic E-state index is 0.172. The van der Waals surface area contributed by atoms with Crippen LogP contribution >= 0.6 is 15.9 Å². The van der Waals surface area contributed by atoms with E-state index in [0.717, 1.165) is 34.4 Å². The van der Waals surface area contributed by atoms with Crippen molar-refractivity contribution in [3.05, 3.63) is 34.3 Å². The van der Waals surface area contributed by atoms with Crippen LogP contribution in [0.5, 0.6) is 11.5 Å². The summed E-state index contributed by atoms with van der Waals surface area (Å²) in [5.74, 6) is 1.52. The number of allylic oxidation sites excluding steroid dienone is 1. The van der Waals surface area contributed by atoms with Crippen molar-refractivity contribution in [2.45, 2.75) is 39.7 Å². The van der Waals surface area contributed by atoms with Crippen molar-refractivity contribution in [3.8, 4) is 11.5 Å². The van der Waals surface area contributed by atoms with Gasteiger partial charge in [0.25, 0.3) is 0 Å². The molecule has 0 saturated carbocycles. The van der Waals surface area contributed by atoms with Gasteiger partial charge in [-0.15, -0.1) is 0 Å². The third kappa shape index (κ3) is 5.17. The summed E-state index contributed by atoms with van der Waals surface area (Å²) in [6.07, 6.45) is 5.72. The van der Waals surface area contributed by atoms with Crippen molar-refractivity contribution in [3.63, 3.8) is 0 Å². The van der Waals surface area contributed by atoms with E-state index in [1.54, 1.807) is 0 Å². The van der Waals surface area contributed by atoms with Gasteiger partial charge in [-0.2, -0.15) is 0 Å². The first kappa shape index (κ1) is 17.1. The minimum atomic E-state index is 0.172. The number of benzene rings is 1. The highest BCUT2D eigenvalue weighted by Crippen LogP contribution is 2.37. The van der Waals surface area contributed by atoms with Gasteiger partial charge in [0, 0.05) is 6.04 Å². The highest BCUT2D eigenvalue weighted by molar-refractivity contribution is 9.10. The Morgan fingerprint density at radius 1 is 1.30 bits per heavy atom. The monoisotopic (exact) mass is 341 g/mol. The first-order valence-corrected chi connectivity index (χ1v) is 7.86. The lowest BCUT2D eigenvalue weighted by molar-refractivity contribution is 0.295. The van der Waals surface area contributed by atoms with Crippen LogP contribution in [0.15, 0.2) is 28.8 Å². The van der Waals surface area contributed by atoms with Gasteiger partial charge in [0.05, 0.1) is 11.1 Å². The Morgan fingerprint density at radius 2 is 2.05 bits per heavy atom. The molecule has 1 rings (SSSR count). The standard InChI is InChI=1S/C16H24BrNO2/c1-4-7-8-20-16-14(17)10-12(9-13(18)5-2)11-15(16)19-6-3/h4,7,10-11,13H,5-6,8-9,18H2,1-3H3/b7-4+. The largest absolute Gasteiger partial charge is 0.490 e. The first-order valence-electron chi connectivity index (χ1n) is 7.07. The van der Waals surface area contributed by atoms with Gasteiger partial charge in [0.1, 0.15) is 6.61 Å². The van der Waals surface area contributed by atoms with Crippen molar-refractivity contribution in [2.75, 3.05) is 13.2 Å². The first-order chi connectivity index (χ1) is 9.62. The van der Waals surface area contributed by atoms with Crippen LogP contribution in [0.3, 0.4) is 0 Å². The Labute approximate surface area is 130 Å². The lowest BCUT2D eigenvalue weighted by Crippen LogP contribution is -2.21. The molecule has 0 bridgehead atoms. The summed E-state index contributed by atoms with van der Waals surface area (Å²) in [5.41, 5.74) is 7.18. The van der Waals surface area contributed by atoms with Crippen molar-refractivity contribution < 1.29 is 9.47 Å². The van der Waals surface area contributed by atoms with E-state index in [9.17, 15) is 0 Å². The van der Waals surface area contributed by atoms with Crippen molar-refractivity contribution in [1.29, 1.82) is 0 Å². The molecular weight excluding hydrogens is 318 g/mol. The SMILES string of the molecule is C/C=C/COc1c(Br)cc(CC(N)CC)cc1OCC. The van der Waals surface area contributed by atoms with E-state index in [1.165, 1.54) is 0 Å². The second kappa shape index (κ2) is 9.03. The Kier molecular flexibility index (Phi) is 7.70. The molecule has 0 aliphatic heterocycles. The second-order valence-corrected chi connectivity index (χ2v) is 5.44. The Morgan fingerprint density at radius 3 is 2.65 bits per heavy atom. The molecule has 1 aromatic carbocycles. The van der Waals surface area contributed by atoms with Gasteiger partial charge >= 0.3 is 0 Å². The molecule has 0 aliphatic rings. The minimum Gasteiger partial charge on any atom is -0.490 e. The molecule has 0 amide bonds. The summed E-state index contributed by atoms with van der Waals surface area (Å²) in [5, 5.41) is 0. The summed E-state index contributed by atoms with van der Waals surface area (Å²) < 4.78 is 12.4. The maximum Gasteiger partial charge on any atom is 0.175 e. The number of hydrogen-bond acceptors (Lipinski definition) is 3. The summed E-state index contributed by atoms with van der Waals surface area (Å²) in [4.78, 5) is 0. The smallest absolute Gasteiger partial charge is 0.175 e. The van der Waals surface area contributed by atoms with E-state index < -0.39 is 0 Å². The molecule has 2 N–H and O–H groups in total. The Bertz CT molecular complexity index is 446. The Balaban J connectivity index is 2.98. The van der Waals surface area contributed by atoms with Crippen LogP contribution in [-0.2, 0) is 6.42 Å². The van der Waals surface area contributed by atoms with E-state index in [4.69, 9.17) is 15.2 Å². The average Bonchev–Trinajstić information content (AvgIpc) is 2.42. The van der Waals surface area contributed by atoms with Crippen LogP contribution in [0.2, 0.25) is 0 Å². The molecule has 0 aromatic heterocycles. The van der Waals surface area contributed by atoms with E-state index in [1.807, 2.05) is 32.1 Å². The maximum atomic E-state index is 6.02. The molecule has 1 aromatic rings. The third-order valence-corrected chi connectivity index (χ3v) is 3.54. The van der Waals surface area contributed by atoms with Crippen molar-refractivity contribution in [1.82, 2.24) is 0 Å². The van der Waals surface area contributed by atoms with Crippen LogP contribution in [0.25, 0.3) is 0 Å². The lowest BCUT2D eigenvalue weighted by Gasteiger charge is -2.16. The fraction of sp³-hybridized carbons (Fsp3) is 0.500. The lowest BCUT2D eigenvalue weighted by atomic mass is 10.0. The van der Waals surface area contributed by atoms with E-state index in [0.29, 0.717) is 13.2 Å². The number of halogens is 1. The molecule has 4 heteroatoms. The fourth-order valence-electron chi connectivity index (χ4n) is 1.82. The van der Waals surface area contributed by atoms with Crippen molar-refractivity contribution in [2.24, 2.45) is 5.73 Å². The molecular formula is C16H24BrNO2. The highest BCUT2D eigenvalue weighted by Gasteiger charge is 2.13. The Hall–Kier alpha value is -1.00. The van der Waals surface area contributed by atoms with Crippen LogP contribution in [0.4, 0.5) is 0 Å². The van der Waals surface area contributed by atoms with Gasteiger partial charge in [-0.05, 0) is 60.3 Å². The van der Waals surface area contributed by atoms with Gasteiger partial charge < -0.3 is 15.2 Å². The molecule has 20 heavy (non-hydrogen) atoms. The summed E-state index contributed by atoms with van der Waals surface area (Å²) in [6.45, 7) is 7.17. The molecule has 0 aliphatic carbocycles. The van der Waals surface area contributed by atoms with Gasteiger partial charge in [-0.1, -0.05) is 19.1 Å². The van der Waals surface area contributed by atoms with Gasteiger partial charge in [0.15, 0.2) is 11.5 Å². The molecule has 3 nitrogen and oxygen atoms in total. The van der Waals surface area contributed by atoms with E-state index >= 15 is 0 Å². The van der Waals surface area contributed by atoms with Crippen LogP contribution in [0, 0.1) is 0 Å². The number of rotatable bonds is 8. The number of ether oxygens (including phenoxy) is 2. The third-order valence-electron chi connectivity index (χ3n) is 2.95. The second-order valence-electron chi connectivity index (χ2n) is 4.59. The summed E-state index contributed by atoms with van der Waals surface area (Å²) in [6, 6.07) is 4.25. The van der Waals surface area contributed by atoms with Crippen LogP contribution < -0.4 is 15.2 Å². The molecule has 0 radical (unpaired) electrons. The molecule has 1 atom stereocenters. The molecule has 0 spiro atoms. The number of nitrogens with two attached hydrogens (primary N) is 1. The zero-order valence-electron chi connectivity index (χ0n) is 12.5. The predicted molar refractivity (Wildman–Crippen MR) is 87.6 cm³/mol. The zero-order chi connectivity index (χ0) is 15.0. The van der Waals surface area contributed by atoms with Crippen LogP contribution in [-0.4, -0.2) is 19.3 Å². The molecule has 0 heterocycles. The van der Waals surface area contributed by atoms with E-state index in [2.05, 4.69) is 28.9 Å². The summed E-state index contributed by atoms with van der Waals surface area (Å²) in [7, 11) is 0. The zero-order valence-corrected chi connectivity index (χ0v) is 14.1. The molecule has 0 saturated heterocycles. The van der Waals surface area contributed by atoms with Gasteiger partial charge in [-0.25, -0.2) is 0 Å². The normalized spacial score (nSPS) is 12.7. The highest BCUT2D eigenvalue weighted by atomic mass is 79.9. The summed E-state index contributed by atoms with van der Waals surface area (Å²) >= 11 is 3.56. The van der Waals surface area contributed by atoms with Gasteiger partial charge in [0.2, 0.25) is 0 Å². The van der Waals surface area contributed by atoms with E-state index in [-0.39, 0.29) is 6.04 Å². The van der Waals surface area contributed by atoms with Gasteiger partial charge in [-0.3, -0.25) is 0 Å². The molecule has 1 unspecified atom stereocenters. The maximum absolute atomic E-state index is 6.02. The van der Waals surface area contributed by atoms with Crippen molar-refractivity contribution >= 4 is 15.9 Å². The molecule has 0 fully saturated rings. The molecule has 112 valence electrons. The topological polar surface area (TPSA) is 44.5 Å². The fourth-order valence-corrected chi connectivity index (χ4v) is 2.42.